The lowest BCUT2D eigenvalue weighted by atomic mass is 10.0. The fraction of sp³-hybridized carbons (Fsp3) is 0.105. The van der Waals surface area contributed by atoms with Crippen LogP contribution >= 0.6 is 11.6 Å². The normalized spacial score (nSPS) is 11.8. The molecule has 3 rings (SSSR count). The maximum absolute atomic E-state index is 13.4. The van der Waals surface area contributed by atoms with E-state index in [1.165, 1.54) is 18.2 Å². The van der Waals surface area contributed by atoms with E-state index < -0.39 is 30.2 Å². The van der Waals surface area contributed by atoms with Gasteiger partial charge in [0.1, 0.15) is 5.82 Å². The van der Waals surface area contributed by atoms with Gasteiger partial charge in [0.2, 0.25) is 5.88 Å². The number of aliphatic carboxylic acids is 1. The molecule has 1 aromatic heterocycles. The molecule has 9 heteroatoms. The monoisotopic (exact) mass is 403 g/mol. The number of benzene rings is 2. The van der Waals surface area contributed by atoms with Crippen molar-refractivity contribution in [2.75, 3.05) is 0 Å². The predicted molar refractivity (Wildman–Crippen MR) is 99.1 cm³/mol. The van der Waals surface area contributed by atoms with E-state index in [1.54, 1.807) is 24.3 Å². The maximum atomic E-state index is 13.4. The topological polar surface area (TPSA) is 104 Å². The van der Waals surface area contributed by atoms with E-state index in [9.17, 15) is 19.1 Å². The SMILES string of the molecule is O=C(O)C[C@H](NC(=O)c1cc(O)n(-c2cccc(F)c2)n1)c1ccccc1Cl. The third-order valence-electron chi connectivity index (χ3n) is 3.94. The minimum absolute atomic E-state index is 0.163. The predicted octanol–water partition coefficient (Wildman–Crippen LogP) is 3.32. The van der Waals surface area contributed by atoms with Crippen LogP contribution in [0.2, 0.25) is 5.02 Å². The molecule has 3 N–H and O–H groups in total. The molecule has 0 saturated heterocycles. The van der Waals surface area contributed by atoms with E-state index in [0.29, 0.717) is 10.6 Å². The number of carboxylic acids is 1. The van der Waals surface area contributed by atoms with Crippen LogP contribution in [0, 0.1) is 5.82 Å². The Morgan fingerprint density at radius 1 is 1.18 bits per heavy atom. The van der Waals surface area contributed by atoms with Gasteiger partial charge in [-0.05, 0) is 29.8 Å². The first-order valence-electron chi connectivity index (χ1n) is 8.17. The van der Waals surface area contributed by atoms with Gasteiger partial charge in [-0.25, -0.2) is 9.07 Å². The number of nitrogens with one attached hydrogen (secondary N) is 1. The zero-order valence-corrected chi connectivity index (χ0v) is 15.1. The van der Waals surface area contributed by atoms with Crippen LogP contribution in [0.3, 0.4) is 0 Å². The Hall–Kier alpha value is -3.39. The summed E-state index contributed by atoms with van der Waals surface area (Å²) >= 11 is 6.12. The van der Waals surface area contributed by atoms with Crippen LogP contribution in [0.25, 0.3) is 5.69 Å². The number of nitrogens with zero attached hydrogens (tertiary/aromatic N) is 2. The summed E-state index contributed by atoms with van der Waals surface area (Å²) in [5.74, 6) is -2.74. The number of carbonyl (C=O) groups excluding carboxylic acids is 1. The molecule has 0 saturated carbocycles. The Bertz CT molecular complexity index is 1040. The van der Waals surface area contributed by atoms with Gasteiger partial charge >= 0.3 is 5.97 Å². The van der Waals surface area contributed by atoms with Crippen molar-refractivity contribution >= 4 is 23.5 Å². The first-order valence-corrected chi connectivity index (χ1v) is 8.55. The van der Waals surface area contributed by atoms with Crippen LogP contribution in [0.15, 0.2) is 54.6 Å². The van der Waals surface area contributed by atoms with Crippen molar-refractivity contribution in [3.63, 3.8) is 0 Å². The summed E-state index contributed by atoms with van der Waals surface area (Å²) in [6.07, 6.45) is -0.397. The van der Waals surface area contributed by atoms with E-state index in [1.807, 2.05) is 0 Å². The number of carbonyl (C=O) groups is 2. The lowest BCUT2D eigenvalue weighted by Gasteiger charge is -2.18. The molecule has 2 aromatic carbocycles. The van der Waals surface area contributed by atoms with E-state index in [0.717, 1.165) is 16.8 Å². The number of amides is 1. The van der Waals surface area contributed by atoms with Crippen LogP contribution in [0.1, 0.15) is 28.5 Å². The summed E-state index contributed by atoms with van der Waals surface area (Å²) in [6, 6.07) is 12.1. The molecule has 0 aliphatic rings. The summed E-state index contributed by atoms with van der Waals surface area (Å²) in [4.78, 5) is 23.8. The summed E-state index contributed by atoms with van der Waals surface area (Å²) in [5.41, 5.74) is 0.502. The molecule has 1 atom stereocenters. The van der Waals surface area contributed by atoms with Crippen molar-refractivity contribution in [3.8, 4) is 11.6 Å². The maximum Gasteiger partial charge on any atom is 0.305 e. The molecule has 0 unspecified atom stereocenters. The molecule has 1 heterocycles. The van der Waals surface area contributed by atoms with E-state index >= 15 is 0 Å². The standard InChI is InChI=1S/C19H15ClFN3O4/c20-14-7-2-1-6-13(14)15(10-18(26)27)22-19(28)16-9-17(25)24(23-16)12-5-3-4-11(21)8-12/h1-9,15,25H,10H2,(H,22,28)(H,26,27)/t15-/m0/s1. The largest absolute Gasteiger partial charge is 0.493 e. The molecule has 1 amide bonds. The van der Waals surface area contributed by atoms with Gasteiger partial charge < -0.3 is 15.5 Å². The fourth-order valence-electron chi connectivity index (χ4n) is 2.68. The van der Waals surface area contributed by atoms with Crippen LogP contribution in [-0.4, -0.2) is 31.9 Å². The molecule has 3 aromatic rings. The minimum Gasteiger partial charge on any atom is -0.493 e. The third-order valence-corrected chi connectivity index (χ3v) is 4.28. The van der Waals surface area contributed by atoms with Gasteiger partial charge in [-0.1, -0.05) is 35.9 Å². The van der Waals surface area contributed by atoms with Crippen LogP contribution in [-0.2, 0) is 4.79 Å². The highest BCUT2D eigenvalue weighted by Gasteiger charge is 2.23. The smallest absolute Gasteiger partial charge is 0.305 e. The van der Waals surface area contributed by atoms with E-state index in [-0.39, 0.29) is 17.3 Å². The molecule has 7 nitrogen and oxygen atoms in total. The number of rotatable bonds is 6. The molecule has 0 bridgehead atoms. The third kappa shape index (κ3) is 4.29. The molecule has 0 spiro atoms. The molecule has 0 aliphatic carbocycles. The summed E-state index contributed by atoms with van der Waals surface area (Å²) in [5, 5.41) is 26.0. The second-order valence-electron chi connectivity index (χ2n) is 5.92. The Kier molecular flexibility index (Phi) is 5.60. The lowest BCUT2D eigenvalue weighted by molar-refractivity contribution is -0.137. The number of hydrogen-bond donors (Lipinski definition) is 3. The summed E-state index contributed by atoms with van der Waals surface area (Å²) in [6.45, 7) is 0. The Labute approximate surface area is 164 Å². The minimum atomic E-state index is -1.13. The van der Waals surface area contributed by atoms with Crippen LogP contribution in [0.5, 0.6) is 5.88 Å². The average Bonchev–Trinajstić information content (AvgIpc) is 3.03. The Morgan fingerprint density at radius 3 is 2.61 bits per heavy atom. The molecule has 0 aliphatic heterocycles. The van der Waals surface area contributed by atoms with Crippen molar-refractivity contribution in [1.29, 1.82) is 0 Å². The summed E-state index contributed by atoms with van der Waals surface area (Å²) in [7, 11) is 0. The second-order valence-corrected chi connectivity index (χ2v) is 6.33. The van der Waals surface area contributed by atoms with E-state index in [2.05, 4.69) is 10.4 Å². The number of aromatic hydroxyl groups is 1. The first-order chi connectivity index (χ1) is 13.3. The van der Waals surface area contributed by atoms with Gasteiger partial charge in [-0.2, -0.15) is 5.10 Å². The van der Waals surface area contributed by atoms with Gasteiger partial charge in [0.15, 0.2) is 5.69 Å². The quantitative estimate of drug-likeness (QED) is 0.585. The molecule has 28 heavy (non-hydrogen) atoms. The highest BCUT2D eigenvalue weighted by Crippen LogP contribution is 2.26. The average molecular weight is 404 g/mol. The Balaban J connectivity index is 1.87. The number of halogens is 2. The first kappa shape index (κ1) is 19.4. The van der Waals surface area contributed by atoms with E-state index in [4.69, 9.17) is 16.7 Å². The fourth-order valence-corrected chi connectivity index (χ4v) is 2.95. The number of hydrogen-bond acceptors (Lipinski definition) is 4. The second kappa shape index (κ2) is 8.10. The molecule has 0 radical (unpaired) electrons. The Morgan fingerprint density at radius 2 is 1.93 bits per heavy atom. The van der Waals surface area contributed by atoms with Crippen molar-refractivity contribution in [2.45, 2.75) is 12.5 Å². The highest BCUT2D eigenvalue weighted by molar-refractivity contribution is 6.31. The van der Waals surface area contributed by atoms with Crippen molar-refractivity contribution in [2.24, 2.45) is 0 Å². The molecular weight excluding hydrogens is 389 g/mol. The van der Waals surface area contributed by atoms with Crippen LogP contribution < -0.4 is 5.32 Å². The van der Waals surface area contributed by atoms with Gasteiger partial charge in [0.05, 0.1) is 18.2 Å². The van der Waals surface area contributed by atoms with Crippen molar-refractivity contribution in [1.82, 2.24) is 15.1 Å². The van der Waals surface area contributed by atoms with Crippen LogP contribution in [0.4, 0.5) is 4.39 Å². The molecular formula is C19H15ClFN3O4. The van der Waals surface area contributed by atoms with Gasteiger partial charge in [0, 0.05) is 11.1 Å². The summed E-state index contributed by atoms with van der Waals surface area (Å²) < 4.78 is 14.4. The molecule has 144 valence electrons. The number of aromatic nitrogens is 2. The van der Waals surface area contributed by atoms with Crippen molar-refractivity contribution < 1.29 is 24.2 Å². The zero-order valence-electron chi connectivity index (χ0n) is 14.3. The van der Waals surface area contributed by atoms with Gasteiger partial charge in [0.25, 0.3) is 5.91 Å². The molecule has 0 fully saturated rings. The number of carboxylic acid groups (broad SMARTS) is 1. The zero-order chi connectivity index (χ0) is 20.3. The van der Waals surface area contributed by atoms with Gasteiger partial charge in [-0.3, -0.25) is 9.59 Å². The van der Waals surface area contributed by atoms with Crippen molar-refractivity contribution in [3.05, 3.63) is 76.7 Å². The highest BCUT2D eigenvalue weighted by atomic mass is 35.5. The van der Waals surface area contributed by atoms with Gasteiger partial charge in [-0.15, -0.1) is 0 Å². The lowest BCUT2D eigenvalue weighted by Crippen LogP contribution is -2.30.